The van der Waals surface area contributed by atoms with Crippen molar-refractivity contribution in [2.45, 2.75) is 6.04 Å². The second-order valence-electron chi connectivity index (χ2n) is 4.34. The lowest BCUT2D eigenvalue weighted by molar-refractivity contribution is 0.524. The third kappa shape index (κ3) is 2.41. The molecule has 0 saturated carbocycles. The van der Waals surface area contributed by atoms with Gasteiger partial charge in [0.2, 0.25) is 0 Å². The molecule has 0 bridgehead atoms. The highest BCUT2D eigenvalue weighted by atomic mass is 79.9. The first-order valence-corrected chi connectivity index (χ1v) is 7.01. The molecule has 0 aliphatic rings. The predicted octanol–water partition coefficient (Wildman–Crippen LogP) is 4.90. The summed E-state index contributed by atoms with van der Waals surface area (Å²) in [6, 6.07) is 15.1. The van der Waals surface area contributed by atoms with E-state index in [0.717, 1.165) is 26.8 Å². The Bertz CT molecular complexity index is 721. The molecular weight excluding hydrogens is 326 g/mol. The van der Waals surface area contributed by atoms with Crippen LogP contribution in [-0.4, -0.2) is 0 Å². The van der Waals surface area contributed by atoms with Crippen molar-refractivity contribution >= 4 is 38.5 Å². The maximum atomic E-state index is 6.23. The summed E-state index contributed by atoms with van der Waals surface area (Å²) in [5, 5.41) is 1.73. The van der Waals surface area contributed by atoms with Crippen LogP contribution in [0.25, 0.3) is 11.0 Å². The van der Waals surface area contributed by atoms with E-state index in [4.69, 9.17) is 21.8 Å². The van der Waals surface area contributed by atoms with Gasteiger partial charge in [-0.1, -0.05) is 35.9 Å². The van der Waals surface area contributed by atoms with E-state index < -0.39 is 0 Å². The number of rotatable bonds is 2. The molecule has 1 unspecified atom stereocenters. The quantitative estimate of drug-likeness (QED) is 0.723. The van der Waals surface area contributed by atoms with E-state index in [2.05, 4.69) is 15.9 Å². The minimum atomic E-state index is -0.295. The minimum absolute atomic E-state index is 0.295. The first-order chi connectivity index (χ1) is 9.15. The van der Waals surface area contributed by atoms with Crippen LogP contribution in [-0.2, 0) is 0 Å². The van der Waals surface area contributed by atoms with Crippen molar-refractivity contribution in [1.82, 2.24) is 0 Å². The summed E-state index contributed by atoms with van der Waals surface area (Å²) in [7, 11) is 0. The number of furan rings is 1. The Morgan fingerprint density at radius 2 is 1.84 bits per heavy atom. The fourth-order valence-electron chi connectivity index (χ4n) is 2.04. The monoisotopic (exact) mass is 335 g/mol. The topological polar surface area (TPSA) is 39.2 Å². The van der Waals surface area contributed by atoms with Crippen LogP contribution >= 0.6 is 27.5 Å². The molecule has 3 aromatic rings. The Labute approximate surface area is 124 Å². The van der Waals surface area contributed by atoms with Gasteiger partial charge in [0.25, 0.3) is 0 Å². The number of benzene rings is 2. The Hall–Kier alpha value is -1.29. The van der Waals surface area contributed by atoms with Gasteiger partial charge >= 0.3 is 0 Å². The second-order valence-corrected chi connectivity index (χ2v) is 5.63. The zero-order chi connectivity index (χ0) is 13.4. The summed E-state index contributed by atoms with van der Waals surface area (Å²) in [5.74, 6) is 0.740. The largest absolute Gasteiger partial charge is 0.458 e. The first kappa shape index (κ1) is 12.7. The van der Waals surface area contributed by atoms with Gasteiger partial charge in [-0.3, -0.25) is 0 Å². The summed E-state index contributed by atoms with van der Waals surface area (Å²) < 4.78 is 6.77. The van der Waals surface area contributed by atoms with Gasteiger partial charge in [-0.05, 0) is 45.8 Å². The van der Waals surface area contributed by atoms with Crippen LogP contribution < -0.4 is 5.73 Å². The van der Waals surface area contributed by atoms with Crippen LogP contribution in [0.5, 0.6) is 0 Å². The van der Waals surface area contributed by atoms with E-state index in [0.29, 0.717) is 5.02 Å². The molecule has 2 aromatic carbocycles. The molecule has 0 saturated heterocycles. The van der Waals surface area contributed by atoms with Gasteiger partial charge in [0.1, 0.15) is 11.3 Å². The van der Waals surface area contributed by atoms with Crippen molar-refractivity contribution in [2.75, 3.05) is 0 Å². The summed E-state index contributed by atoms with van der Waals surface area (Å²) >= 11 is 9.35. The standard InChI is InChI=1S/C15H11BrClNO/c16-12-3-1-2-10-8-13(19-15(10)12)14(18)9-4-6-11(17)7-5-9/h1-8,14H,18H2. The Morgan fingerprint density at radius 1 is 1.11 bits per heavy atom. The molecule has 0 aliphatic heterocycles. The SMILES string of the molecule is NC(c1ccc(Cl)cc1)c1cc2cccc(Br)c2o1. The molecule has 1 atom stereocenters. The maximum Gasteiger partial charge on any atom is 0.148 e. The van der Waals surface area contributed by atoms with Gasteiger partial charge in [0, 0.05) is 10.4 Å². The lowest BCUT2D eigenvalue weighted by atomic mass is 10.1. The molecule has 0 spiro atoms. The third-order valence-corrected chi connectivity index (χ3v) is 3.93. The van der Waals surface area contributed by atoms with Gasteiger partial charge < -0.3 is 10.2 Å². The van der Waals surface area contributed by atoms with Gasteiger partial charge in [-0.15, -0.1) is 0 Å². The average molecular weight is 337 g/mol. The Morgan fingerprint density at radius 3 is 2.53 bits per heavy atom. The number of para-hydroxylation sites is 1. The molecular formula is C15H11BrClNO. The van der Waals surface area contributed by atoms with Crippen LogP contribution in [0.4, 0.5) is 0 Å². The number of halogens is 2. The fourth-order valence-corrected chi connectivity index (χ4v) is 2.62. The van der Waals surface area contributed by atoms with Crippen molar-refractivity contribution in [2.24, 2.45) is 5.73 Å². The van der Waals surface area contributed by atoms with E-state index in [-0.39, 0.29) is 6.04 Å². The summed E-state index contributed by atoms with van der Waals surface area (Å²) in [6.45, 7) is 0. The maximum absolute atomic E-state index is 6.23. The fraction of sp³-hybridized carbons (Fsp3) is 0.0667. The predicted molar refractivity (Wildman–Crippen MR) is 81.4 cm³/mol. The van der Waals surface area contributed by atoms with Crippen LogP contribution in [0.1, 0.15) is 17.4 Å². The molecule has 2 nitrogen and oxygen atoms in total. The smallest absolute Gasteiger partial charge is 0.148 e. The molecule has 19 heavy (non-hydrogen) atoms. The number of nitrogens with two attached hydrogens (primary N) is 1. The normalized spacial score (nSPS) is 12.8. The molecule has 1 heterocycles. The van der Waals surface area contributed by atoms with Gasteiger partial charge in [-0.2, -0.15) is 0 Å². The molecule has 96 valence electrons. The van der Waals surface area contributed by atoms with E-state index >= 15 is 0 Å². The van der Waals surface area contributed by atoms with Gasteiger partial charge in [0.15, 0.2) is 0 Å². The minimum Gasteiger partial charge on any atom is -0.458 e. The van der Waals surface area contributed by atoms with Gasteiger partial charge in [0.05, 0.1) is 10.5 Å². The van der Waals surface area contributed by atoms with E-state index in [9.17, 15) is 0 Å². The summed E-state index contributed by atoms with van der Waals surface area (Å²) in [5.41, 5.74) is 8.02. The van der Waals surface area contributed by atoms with Crippen LogP contribution in [0.2, 0.25) is 5.02 Å². The lowest BCUT2D eigenvalue weighted by Gasteiger charge is -2.08. The Balaban J connectivity index is 2.04. The number of fused-ring (bicyclic) bond motifs is 1. The molecule has 0 radical (unpaired) electrons. The van der Waals surface area contributed by atoms with Crippen molar-refractivity contribution in [3.05, 3.63) is 69.3 Å². The van der Waals surface area contributed by atoms with Crippen molar-refractivity contribution in [1.29, 1.82) is 0 Å². The van der Waals surface area contributed by atoms with Crippen LogP contribution in [0, 0.1) is 0 Å². The molecule has 1 aromatic heterocycles. The first-order valence-electron chi connectivity index (χ1n) is 5.84. The third-order valence-electron chi connectivity index (χ3n) is 3.05. The summed E-state index contributed by atoms with van der Waals surface area (Å²) in [6.07, 6.45) is 0. The van der Waals surface area contributed by atoms with Crippen molar-refractivity contribution in [3.8, 4) is 0 Å². The van der Waals surface area contributed by atoms with E-state index in [1.165, 1.54) is 0 Å². The molecule has 0 fully saturated rings. The second kappa shape index (κ2) is 5.00. The zero-order valence-electron chi connectivity index (χ0n) is 9.94. The van der Waals surface area contributed by atoms with Gasteiger partial charge in [-0.25, -0.2) is 0 Å². The highest BCUT2D eigenvalue weighted by molar-refractivity contribution is 9.10. The average Bonchev–Trinajstić information content (AvgIpc) is 2.84. The Kier molecular flexibility index (Phi) is 3.35. The highest BCUT2D eigenvalue weighted by Crippen LogP contribution is 2.31. The molecule has 3 rings (SSSR count). The molecule has 0 amide bonds. The van der Waals surface area contributed by atoms with Crippen LogP contribution in [0.3, 0.4) is 0 Å². The molecule has 4 heteroatoms. The number of hydrogen-bond acceptors (Lipinski definition) is 2. The number of hydrogen-bond donors (Lipinski definition) is 1. The van der Waals surface area contributed by atoms with Crippen LogP contribution in [0.15, 0.2) is 57.4 Å². The lowest BCUT2D eigenvalue weighted by Crippen LogP contribution is -2.10. The molecule has 0 aliphatic carbocycles. The van der Waals surface area contributed by atoms with Crippen molar-refractivity contribution < 1.29 is 4.42 Å². The molecule has 2 N–H and O–H groups in total. The summed E-state index contributed by atoms with van der Waals surface area (Å²) in [4.78, 5) is 0. The highest BCUT2D eigenvalue weighted by Gasteiger charge is 2.15. The van der Waals surface area contributed by atoms with Crippen molar-refractivity contribution in [3.63, 3.8) is 0 Å². The zero-order valence-corrected chi connectivity index (χ0v) is 12.3. The van der Waals surface area contributed by atoms with E-state index in [1.54, 1.807) is 0 Å². The van der Waals surface area contributed by atoms with E-state index in [1.807, 2.05) is 48.5 Å².